The molecule has 0 saturated carbocycles. The molecule has 1 aliphatic heterocycles. The summed E-state index contributed by atoms with van der Waals surface area (Å²) in [4.78, 5) is 25.2. The zero-order valence-corrected chi connectivity index (χ0v) is 15.4. The fourth-order valence-electron chi connectivity index (χ4n) is 3.04. The van der Waals surface area contributed by atoms with Crippen LogP contribution in [0.15, 0.2) is 40.9 Å². The highest BCUT2D eigenvalue weighted by molar-refractivity contribution is 9.10. The van der Waals surface area contributed by atoms with Gasteiger partial charge in [0.2, 0.25) is 5.91 Å². The minimum absolute atomic E-state index is 0.111. The van der Waals surface area contributed by atoms with E-state index >= 15 is 0 Å². The number of rotatable bonds is 4. The van der Waals surface area contributed by atoms with Gasteiger partial charge < -0.3 is 10.2 Å². The molecule has 0 aliphatic carbocycles. The monoisotopic (exact) mass is 422 g/mol. The van der Waals surface area contributed by atoms with E-state index in [-0.39, 0.29) is 22.0 Å². The van der Waals surface area contributed by atoms with Gasteiger partial charge in [-0.05, 0) is 65.2 Å². The van der Waals surface area contributed by atoms with Crippen molar-refractivity contribution in [1.29, 1.82) is 0 Å². The SMILES string of the molecule is O=Cc1ccc(N2CCC(C(=O)Nc3cc(F)c(Br)c(F)c3)CC2)cc1. The summed E-state index contributed by atoms with van der Waals surface area (Å²) in [5, 5.41) is 2.59. The van der Waals surface area contributed by atoms with Gasteiger partial charge in [-0.1, -0.05) is 0 Å². The molecule has 0 radical (unpaired) electrons. The molecule has 7 heteroatoms. The van der Waals surface area contributed by atoms with Crippen molar-refractivity contribution in [3.05, 3.63) is 58.1 Å². The molecular formula is C19H17BrF2N2O2. The third-order valence-corrected chi connectivity index (χ3v) is 5.27. The largest absolute Gasteiger partial charge is 0.371 e. The molecule has 0 aromatic heterocycles. The molecular weight excluding hydrogens is 406 g/mol. The van der Waals surface area contributed by atoms with Crippen LogP contribution in [-0.4, -0.2) is 25.3 Å². The number of nitrogens with one attached hydrogen (secondary N) is 1. The van der Waals surface area contributed by atoms with Gasteiger partial charge in [-0.15, -0.1) is 0 Å². The molecule has 1 aliphatic rings. The number of hydrogen-bond donors (Lipinski definition) is 1. The molecule has 1 N–H and O–H groups in total. The van der Waals surface area contributed by atoms with E-state index in [4.69, 9.17) is 0 Å². The quantitative estimate of drug-likeness (QED) is 0.586. The highest BCUT2D eigenvalue weighted by Gasteiger charge is 2.25. The van der Waals surface area contributed by atoms with Crippen LogP contribution in [-0.2, 0) is 4.79 Å². The van der Waals surface area contributed by atoms with E-state index in [2.05, 4.69) is 26.1 Å². The molecule has 0 atom stereocenters. The summed E-state index contributed by atoms with van der Waals surface area (Å²) in [6.07, 6.45) is 2.08. The highest BCUT2D eigenvalue weighted by Crippen LogP contribution is 2.27. The predicted octanol–water partition coefficient (Wildman–Crippen LogP) is 4.39. The number of carbonyl (C=O) groups is 2. The number of carbonyl (C=O) groups excluding carboxylic acids is 2. The summed E-state index contributed by atoms with van der Waals surface area (Å²) in [5.41, 5.74) is 1.74. The number of nitrogens with zero attached hydrogens (tertiary/aromatic N) is 1. The first-order valence-corrected chi connectivity index (χ1v) is 9.03. The number of anilines is 2. The molecule has 1 amide bonds. The molecule has 4 nitrogen and oxygen atoms in total. The molecule has 0 spiro atoms. The van der Waals surface area contributed by atoms with Crippen LogP contribution in [0.3, 0.4) is 0 Å². The second kappa shape index (κ2) is 7.95. The van der Waals surface area contributed by atoms with Crippen molar-refractivity contribution in [2.75, 3.05) is 23.3 Å². The van der Waals surface area contributed by atoms with E-state index in [0.29, 0.717) is 31.5 Å². The number of aldehydes is 1. The van der Waals surface area contributed by atoms with E-state index in [9.17, 15) is 18.4 Å². The van der Waals surface area contributed by atoms with Crippen molar-refractivity contribution in [1.82, 2.24) is 0 Å². The van der Waals surface area contributed by atoms with Crippen molar-refractivity contribution in [3.8, 4) is 0 Å². The van der Waals surface area contributed by atoms with Crippen LogP contribution in [0.2, 0.25) is 0 Å². The third-order valence-electron chi connectivity index (χ3n) is 4.51. The molecule has 1 fully saturated rings. The van der Waals surface area contributed by atoms with Gasteiger partial charge >= 0.3 is 0 Å². The lowest BCUT2D eigenvalue weighted by atomic mass is 9.95. The van der Waals surface area contributed by atoms with Gasteiger partial charge in [0.25, 0.3) is 0 Å². The second-order valence-electron chi connectivity index (χ2n) is 6.21. The van der Waals surface area contributed by atoms with Crippen molar-refractivity contribution in [3.63, 3.8) is 0 Å². The van der Waals surface area contributed by atoms with Gasteiger partial charge in [0.05, 0.1) is 4.47 Å². The topological polar surface area (TPSA) is 49.4 Å². The fourth-order valence-corrected chi connectivity index (χ4v) is 3.26. The first-order chi connectivity index (χ1) is 12.5. The average molecular weight is 423 g/mol. The summed E-state index contributed by atoms with van der Waals surface area (Å²) >= 11 is 2.81. The lowest BCUT2D eigenvalue weighted by Gasteiger charge is -2.33. The van der Waals surface area contributed by atoms with Crippen LogP contribution in [0.25, 0.3) is 0 Å². The number of piperidine rings is 1. The number of hydrogen-bond acceptors (Lipinski definition) is 3. The van der Waals surface area contributed by atoms with E-state index in [1.54, 1.807) is 12.1 Å². The fraction of sp³-hybridized carbons (Fsp3) is 0.263. The summed E-state index contributed by atoms with van der Waals surface area (Å²) in [5.74, 6) is -1.96. The van der Waals surface area contributed by atoms with Crippen molar-refractivity contribution in [2.24, 2.45) is 5.92 Å². The number of amides is 1. The molecule has 1 saturated heterocycles. The standard InChI is InChI=1S/C19H17BrF2N2O2/c20-18-16(21)9-14(10-17(18)22)23-19(26)13-5-7-24(8-6-13)15-3-1-12(11-25)2-4-15/h1-4,9-11,13H,5-8H2,(H,23,26). The molecule has 1 heterocycles. The smallest absolute Gasteiger partial charge is 0.227 e. The van der Waals surface area contributed by atoms with E-state index in [1.807, 2.05) is 12.1 Å². The van der Waals surface area contributed by atoms with Crippen LogP contribution in [0.1, 0.15) is 23.2 Å². The molecule has 0 bridgehead atoms. The van der Waals surface area contributed by atoms with Crippen molar-refractivity contribution in [2.45, 2.75) is 12.8 Å². The molecule has 0 unspecified atom stereocenters. The summed E-state index contributed by atoms with van der Waals surface area (Å²) in [7, 11) is 0. The van der Waals surface area contributed by atoms with Crippen molar-refractivity contribution >= 4 is 39.5 Å². The van der Waals surface area contributed by atoms with Gasteiger partial charge in [-0.3, -0.25) is 9.59 Å². The highest BCUT2D eigenvalue weighted by atomic mass is 79.9. The number of benzene rings is 2. The maximum absolute atomic E-state index is 13.6. The van der Waals surface area contributed by atoms with Crippen LogP contribution >= 0.6 is 15.9 Å². The van der Waals surface area contributed by atoms with Gasteiger partial charge in [0.15, 0.2) is 0 Å². The predicted molar refractivity (Wildman–Crippen MR) is 99.5 cm³/mol. The van der Waals surface area contributed by atoms with E-state index in [1.165, 1.54) is 0 Å². The Morgan fingerprint density at radius 2 is 1.69 bits per heavy atom. The maximum atomic E-state index is 13.6. The Kier molecular flexibility index (Phi) is 5.66. The van der Waals surface area contributed by atoms with Gasteiger partial charge in [-0.25, -0.2) is 8.78 Å². The molecule has 136 valence electrons. The van der Waals surface area contributed by atoms with Gasteiger partial charge in [-0.2, -0.15) is 0 Å². The summed E-state index contributed by atoms with van der Waals surface area (Å²) in [6, 6.07) is 9.48. The van der Waals surface area contributed by atoms with Crippen LogP contribution in [0, 0.1) is 17.6 Å². The maximum Gasteiger partial charge on any atom is 0.227 e. The summed E-state index contributed by atoms with van der Waals surface area (Å²) in [6.45, 7) is 1.39. The van der Waals surface area contributed by atoms with Crippen LogP contribution < -0.4 is 10.2 Å². The Hall–Kier alpha value is -2.28. The lowest BCUT2D eigenvalue weighted by molar-refractivity contribution is -0.120. The lowest BCUT2D eigenvalue weighted by Crippen LogP contribution is -2.38. The minimum atomic E-state index is -0.756. The Morgan fingerprint density at radius 1 is 1.12 bits per heavy atom. The first kappa shape index (κ1) is 18.5. The minimum Gasteiger partial charge on any atom is -0.371 e. The Bertz CT molecular complexity index is 796. The van der Waals surface area contributed by atoms with Crippen LogP contribution in [0.5, 0.6) is 0 Å². The van der Waals surface area contributed by atoms with E-state index < -0.39 is 11.6 Å². The second-order valence-corrected chi connectivity index (χ2v) is 7.01. The molecule has 3 rings (SSSR count). The number of halogens is 3. The summed E-state index contributed by atoms with van der Waals surface area (Å²) < 4.78 is 26.9. The average Bonchev–Trinajstić information content (AvgIpc) is 2.66. The normalized spacial score (nSPS) is 15.0. The van der Waals surface area contributed by atoms with E-state index in [0.717, 1.165) is 24.1 Å². The Balaban J connectivity index is 1.58. The Labute approximate surface area is 158 Å². The third kappa shape index (κ3) is 4.09. The first-order valence-electron chi connectivity index (χ1n) is 8.23. The molecule has 2 aromatic carbocycles. The Morgan fingerprint density at radius 3 is 2.23 bits per heavy atom. The zero-order chi connectivity index (χ0) is 18.7. The molecule has 26 heavy (non-hydrogen) atoms. The molecule has 2 aromatic rings. The van der Waals surface area contributed by atoms with Crippen molar-refractivity contribution < 1.29 is 18.4 Å². The van der Waals surface area contributed by atoms with Gasteiger partial charge in [0.1, 0.15) is 17.9 Å². The zero-order valence-electron chi connectivity index (χ0n) is 13.8. The van der Waals surface area contributed by atoms with Gasteiger partial charge in [0, 0.05) is 35.9 Å². The van der Waals surface area contributed by atoms with Crippen LogP contribution in [0.4, 0.5) is 20.2 Å².